The lowest BCUT2D eigenvalue weighted by Crippen LogP contribution is -2.20. The number of ether oxygens (including phenoxy) is 1. The quantitative estimate of drug-likeness (QED) is 0.227. The van der Waals surface area contributed by atoms with Gasteiger partial charge in [-0.05, 0) is 81.8 Å². The molecule has 1 aromatic carbocycles. The second-order valence-corrected chi connectivity index (χ2v) is 11.9. The van der Waals surface area contributed by atoms with Crippen LogP contribution in [0.2, 0.25) is 0 Å². The third-order valence-electron chi connectivity index (χ3n) is 6.37. The van der Waals surface area contributed by atoms with Crippen LogP contribution in [0.25, 0.3) is 0 Å². The Labute approximate surface area is 199 Å². The summed E-state index contributed by atoms with van der Waals surface area (Å²) in [6.45, 7) is 17.2. The first-order valence-corrected chi connectivity index (χ1v) is 12.9. The molecular weight excluding hydrogens is 420 g/mol. The summed E-state index contributed by atoms with van der Waals surface area (Å²) in [5.41, 5.74) is 4.46. The number of aromatic hydroxyl groups is 1. The predicted octanol–water partition coefficient (Wildman–Crippen LogP) is 8.73. The summed E-state index contributed by atoms with van der Waals surface area (Å²) in [4.78, 5) is 0. The molecule has 31 heavy (non-hydrogen) atoms. The molecule has 4 heteroatoms. The fraction of sp³-hybridized carbons (Fsp3) is 0.593. The number of hydrogen-bond donors (Lipinski definition) is 1. The van der Waals surface area contributed by atoms with Crippen LogP contribution >= 0.6 is 24.0 Å². The van der Waals surface area contributed by atoms with Gasteiger partial charge in [0, 0.05) is 16.2 Å². The molecule has 2 nitrogen and oxygen atoms in total. The van der Waals surface area contributed by atoms with Gasteiger partial charge in [0.2, 0.25) is 4.38 Å². The maximum Gasteiger partial charge on any atom is 0.226 e. The number of thioether (sulfide) groups is 1. The van der Waals surface area contributed by atoms with Crippen molar-refractivity contribution in [1.29, 1.82) is 0 Å². The first kappa shape index (κ1) is 26.0. The number of phenols is 1. The van der Waals surface area contributed by atoms with Crippen molar-refractivity contribution < 1.29 is 9.84 Å². The average molecular weight is 461 g/mol. The molecule has 1 aliphatic carbocycles. The second-order valence-electron chi connectivity index (χ2n) is 9.58. The zero-order valence-electron chi connectivity index (χ0n) is 20.2. The number of unbranched alkanes of at least 4 members (excludes halogenated alkanes) is 2. The first-order valence-electron chi connectivity index (χ1n) is 11.7. The summed E-state index contributed by atoms with van der Waals surface area (Å²) in [6.07, 6.45) is 9.79. The molecule has 0 saturated carbocycles. The fourth-order valence-electron chi connectivity index (χ4n) is 4.12. The minimum Gasteiger partial charge on any atom is -0.507 e. The molecule has 1 aromatic rings. The molecule has 0 radical (unpaired) electrons. The molecule has 0 spiro atoms. The van der Waals surface area contributed by atoms with Crippen molar-refractivity contribution in [2.75, 3.05) is 0 Å². The number of aryl methyl sites for hydroxylation is 1. The molecule has 0 heterocycles. The van der Waals surface area contributed by atoms with Crippen molar-refractivity contribution in [3.05, 3.63) is 47.1 Å². The van der Waals surface area contributed by atoms with Crippen LogP contribution in [0.15, 0.2) is 35.9 Å². The zero-order chi connectivity index (χ0) is 23.2. The SMILES string of the molecule is C=C(C)[C@@H]1CCC(C)=C[C@H]1c1c(O)cc(CCCCC)cc1OC(=S)SC(C)(C)CC. The standard InChI is InChI=1S/C27H40O2S2/c1-8-10-11-12-20-16-23(28)25(22-15-19(5)13-14-21(22)18(3)4)24(17-20)29-26(30)31-27(6,7)9-2/h15-17,21-22,28H,3,8-14H2,1-2,4-7H3/t21-,22+/m0/s1. The van der Waals surface area contributed by atoms with E-state index in [1.54, 1.807) is 11.8 Å². The monoisotopic (exact) mass is 460 g/mol. The van der Waals surface area contributed by atoms with E-state index in [9.17, 15) is 5.11 Å². The van der Waals surface area contributed by atoms with Gasteiger partial charge in [-0.3, -0.25) is 0 Å². The number of phenolic OH excluding ortho intramolecular Hbond substituents is 1. The summed E-state index contributed by atoms with van der Waals surface area (Å²) in [7, 11) is 0. The van der Waals surface area contributed by atoms with Crippen LogP contribution in [0, 0.1) is 5.92 Å². The van der Waals surface area contributed by atoms with Crippen LogP contribution in [0.1, 0.15) is 97.1 Å². The molecule has 0 fully saturated rings. The van der Waals surface area contributed by atoms with Crippen LogP contribution in [0.4, 0.5) is 0 Å². The number of benzene rings is 1. The number of thiocarbonyl (C=S) groups is 1. The molecule has 2 atom stereocenters. The zero-order valence-corrected chi connectivity index (χ0v) is 21.8. The molecule has 1 aliphatic rings. The summed E-state index contributed by atoms with van der Waals surface area (Å²) in [5, 5.41) is 11.2. The van der Waals surface area contributed by atoms with Crippen LogP contribution < -0.4 is 4.74 Å². The maximum absolute atomic E-state index is 11.2. The van der Waals surface area contributed by atoms with E-state index in [1.807, 2.05) is 6.07 Å². The van der Waals surface area contributed by atoms with Crippen molar-refractivity contribution in [1.82, 2.24) is 0 Å². The smallest absolute Gasteiger partial charge is 0.226 e. The van der Waals surface area contributed by atoms with Crippen LogP contribution in [0.3, 0.4) is 0 Å². The number of allylic oxidation sites excluding steroid dienone is 3. The Morgan fingerprint density at radius 1 is 1.29 bits per heavy atom. The predicted molar refractivity (Wildman–Crippen MR) is 141 cm³/mol. The molecule has 172 valence electrons. The topological polar surface area (TPSA) is 29.5 Å². The molecule has 0 saturated heterocycles. The lowest BCUT2D eigenvalue weighted by Gasteiger charge is -2.32. The summed E-state index contributed by atoms with van der Waals surface area (Å²) < 4.78 is 6.83. The van der Waals surface area contributed by atoms with Gasteiger partial charge in [-0.1, -0.05) is 76.1 Å². The van der Waals surface area contributed by atoms with Gasteiger partial charge in [0.05, 0.1) is 0 Å². The fourth-order valence-corrected chi connectivity index (χ4v) is 5.62. The molecule has 1 N–H and O–H groups in total. The maximum atomic E-state index is 11.2. The molecule has 0 amide bonds. The van der Waals surface area contributed by atoms with Crippen LogP contribution in [0.5, 0.6) is 11.5 Å². The number of rotatable bonds is 9. The van der Waals surface area contributed by atoms with Gasteiger partial charge in [-0.15, -0.1) is 0 Å². The van der Waals surface area contributed by atoms with Crippen molar-refractivity contribution >= 4 is 28.4 Å². The summed E-state index contributed by atoms with van der Waals surface area (Å²) >= 11 is 7.22. The Balaban J connectivity index is 2.48. The molecular formula is C27H40O2S2. The van der Waals surface area contributed by atoms with Crippen LogP contribution in [-0.2, 0) is 6.42 Å². The first-order chi connectivity index (χ1) is 14.6. The van der Waals surface area contributed by atoms with Gasteiger partial charge in [-0.2, -0.15) is 0 Å². The largest absolute Gasteiger partial charge is 0.507 e. The highest BCUT2D eigenvalue weighted by Crippen LogP contribution is 2.47. The van der Waals surface area contributed by atoms with E-state index in [-0.39, 0.29) is 16.6 Å². The van der Waals surface area contributed by atoms with Gasteiger partial charge >= 0.3 is 0 Å². The van der Waals surface area contributed by atoms with Crippen molar-refractivity contribution in [3.63, 3.8) is 0 Å². The Kier molecular flexibility index (Phi) is 9.69. The van der Waals surface area contributed by atoms with Crippen molar-refractivity contribution in [2.45, 2.75) is 97.2 Å². The lowest BCUT2D eigenvalue weighted by atomic mass is 9.73. The molecule has 0 bridgehead atoms. The second kappa shape index (κ2) is 11.6. The van der Waals surface area contributed by atoms with Gasteiger partial charge < -0.3 is 9.84 Å². The van der Waals surface area contributed by atoms with Crippen molar-refractivity contribution in [3.8, 4) is 11.5 Å². The molecule has 0 aliphatic heterocycles. The van der Waals surface area contributed by atoms with Gasteiger partial charge in [0.15, 0.2) is 0 Å². The van der Waals surface area contributed by atoms with E-state index in [2.05, 4.69) is 60.3 Å². The van der Waals surface area contributed by atoms with Gasteiger partial charge in [0.1, 0.15) is 11.5 Å². The third kappa shape index (κ3) is 7.39. The van der Waals surface area contributed by atoms with E-state index >= 15 is 0 Å². The summed E-state index contributed by atoms with van der Waals surface area (Å²) in [5.74, 6) is 1.36. The van der Waals surface area contributed by atoms with Crippen molar-refractivity contribution in [2.24, 2.45) is 5.92 Å². The number of hydrogen-bond acceptors (Lipinski definition) is 4. The highest BCUT2D eigenvalue weighted by Gasteiger charge is 2.31. The Bertz CT molecular complexity index is 823. The Hall–Kier alpha value is -1.26. The Morgan fingerprint density at radius 3 is 2.61 bits per heavy atom. The highest BCUT2D eigenvalue weighted by molar-refractivity contribution is 8.23. The van der Waals surface area contributed by atoms with Crippen LogP contribution in [-0.4, -0.2) is 14.2 Å². The van der Waals surface area contributed by atoms with Gasteiger partial charge in [-0.25, -0.2) is 0 Å². The molecule has 0 aromatic heterocycles. The van der Waals surface area contributed by atoms with E-state index in [4.69, 9.17) is 17.0 Å². The normalized spacial score (nSPS) is 19.1. The minimum atomic E-state index is 0.0135. The molecule has 2 rings (SSSR count). The summed E-state index contributed by atoms with van der Waals surface area (Å²) in [6, 6.07) is 4.03. The van der Waals surface area contributed by atoms with E-state index in [1.165, 1.54) is 18.4 Å². The third-order valence-corrected chi connectivity index (χ3v) is 7.79. The van der Waals surface area contributed by atoms with Gasteiger partial charge in [0.25, 0.3) is 0 Å². The minimum absolute atomic E-state index is 0.0135. The average Bonchev–Trinajstić information content (AvgIpc) is 2.67. The lowest BCUT2D eigenvalue weighted by molar-refractivity contribution is 0.424. The highest BCUT2D eigenvalue weighted by atomic mass is 32.2. The Morgan fingerprint density at radius 2 is 2.00 bits per heavy atom. The van der Waals surface area contributed by atoms with E-state index < -0.39 is 0 Å². The van der Waals surface area contributed by atoms with E-state index in [0.717, 1.165) is 48.8 Å². The molecule has 0 unspecified atom stereocenters. The van der Waals surface area contributed by atoms with E-state index in [0.29, 0.717) is 15.9 Å².